The first-order valence-electron chi connectivity index (χ1n) is 11.9. The molecule has 0 spiro atoms. The number of morpholine rings is 1. The highest BCUT2D eigenvalue weighted by atomic mass is 16.5. The summed E-state index contributed by atoms with van der Waals surface area (Å²) in [5.41, 5.74) is 5.39. The first-order valence-corrected chi connectivity index (χ1v) is 11.9. The fourth-order valence-electron chi connectivity index (χ4n) is 4.99. The van der Waals surface area contributed by atoms with Crippen LogP contribution in [0.3, 0.4) is 0 Å². The summed E-state index contributed by atoms with van der Waals surface area (Å²) in [6.07, 6.45) is 2.41. The van der Waals surface area contributed by atoms with E-state index in [0.717, 1.165) is 52.5 Å². The van der Waals surface area contributed by atoms with Crippen molar-refractivity contribution >= 4 is 5.82 Å². The normalized spacial score (nSPS) is 18.8. The number of aryl methyl sites for hydroxylation is 2. The zero-order valence-corrected chi connectivity index (χ0v) is 19.7. The molecule has 2 aliphatic rings. The standard InChI is InChI=1S/C25H39N5O/c1-19(2)24-23(25(28(4)27-24)30-12-14-31-15-13-30)17-26-22-8-10-29(11-9-22)18-21-7-5-6-20(3)16-21/h5-7,16,19,22,26H,8-15,17-18H2,1-4H3. The molecule has 3 heterocycles. The minimum Gasteiger partial charge on any atom is -0.378 e. The molecule has 0 saturated carbocycles. The van der Waals surface area contributed by atoms with Gasteiger partial charge >= 0.3 is 0 Å². The van der Waals surface area contributed by atoms with Gasteiger partial charge < -0.3 is 15.0 Å². The second-order valence-electron chi connectivity index (χ2n) is 9.49. The van der Waals surface area contributed by atoms with Gasteiger partial charge in [0.05, 0.1) is 18.9 Å². The van der Waals surface area contributed by atoms with E-state index in [1.807, 2.05) is 0 Å². The molecular formula is C25H39N5O. The first-order chi connectivity index (χ1) is 15.0. The number of piperidine rings is 1. The Bertz CT molecular complexity index is 848. The summed E-state index contributed by atoms with van der Waals surface area (Å²) in [5.74, 6) is 1.70. The molecule has 6 nitrogen and oxygen atoms in total. The van der Waals surface area contributed by atoms with Gasteiger partial charge in [0.1, 0.15) is 5.82 Å². The van der Waals surface area contributed by atoms with Crippen molar-refractivity contribution < 1.29 is 4.74 Å². The summed E-state index contributed by atoms with van der Waals surface area (Å²) in [6, 6.07) is 9.49. The van der Waals surface area contributed by atoms with Crippen LogP contribution >= 0.6 is 0 Å². The number of ether oxygens (including phenoxy) is 1. The molecule has 31 heavy (non-hydrogen) atoms. The molecular weight excluding hydrogens is 386 g/mol. The van der Waals surface area contributed by atoms with Crippen molar-refractivity contribution in [1.29, 1.82) is 0 Å². The van der Waals surface area contributed by atoms with E-state index in [2.05, 4.69) is 71.9 Å². The summed E-state index contributed by atoms with van der Waals surface area (Å²) in [4.78, 5) is 5.04. The second-order valence-corrected chi connectivity index (χ2v) is 9.49. The van der Waals surface area contributed by atoms with Crippen LogP contribution in [0.15, 0.2) is 24.3 Å². The van der Waals surface area contributed by atoms with Crippen molar-refractivity contribution in [2.75, 3.05) is 44.3 Å². The molecule has 2 fully saturated rings. The van der Waals surface area contributed by atoms with Crippen LogP contribution in [0.5, 0.6) is 0 Å². The Kier molecular flexibility index (Phi) is 7.31. The lowest BCUT2D eigenvalue weighted by atomic mass is 10.0. The Hall–Kier alpha value is -1.89. The Morgan fingerprint density at radius 3 is 2.55 bits per heavy atom. The topological polar surface area (TPSA) is 45.6 Å². The number of hydrogen-bond acceptors (Lipinski definition) is 5. The third kappa shape index (κ3) is 5.48. The smallest absolute Gasteiger partial charge is 0.131 e. The fraction of sp³-hybridized carbons (Fsp3) is 0.640. The number of nitrogens with one attached hydrogen (secondary N) is 1. The highest BCUT2D eigenvalue weighted by Crippen LogP contribution is 2.29. The molecule has 0 radical (unpaired) electrons. The molecule has 0 unspecified atom stereocenters. The number of likely N-dealkylation sites (tertiary alicyclic amines) is 1. The predicted molar refractivity (Wildman–Crippen MR) is 127 cm³/mol. The molecule has 1 aromatic heterocycles. The number of aromatic nitrogens is 2. The zero-order valence-electron chi connectivity index (χ0n) is 19.7. The van der Waals surface area contributed by atoms with Gasteiger partial charge in [-0.25, -0.2) is 0 Å². The van der Waals surface area contributed by atoms with Crippen LogP contribution in [0.2, 0.25) is 0 Å². The van der Waals surface area contributed by atoms with E-state index in [1.165, 1.54) is 41.0 Å². The Morgan fingerprint density at radius 2 is 1.87 bits per heavy atom. The van der Waals surface area contributed by atoms with E-state index in [4.69, 9.17) is 9.84 Å². The van der Waals surface area contributed by atoms with Crippen LogP contribution in [0.1, 0.15) is 55.0 Å². The molecule has 0 bridgehead atoms. The van der Waals surface area contributed by atoms with Gasteiger partial charge in [-0.05, 0) is 44.3 Å². The summed E-state index contributed by atoms with van der Waals surface area (Å²) >= 11 is 0. The van der Waals surface area contributed by atoms with Gasteiger partial charge in [-0.2, -0.15) is 5.10 Å². The summed E-state index contributed by atoms with van der Waals surface area (Å²) in [6.45, 7) is 14.4. The van der Waals surface area contributed by atoms with E-state index in [9.17, 15) is 0 Å². The van der Waals surface area contributed by atoms with Gasteiger partial charge in [-0.1, -0.05) is 43.7 Å². The summed E-state index contributed by atoms with van der Waals surface area (Å²) in [5, 5.41) is 8.78. The lowest BCUT2D eigenvalue weighted by Gasteiger charge is -2.33. The Balaban J connectivity index is 1.36. The van der Waals surface area contributed by atoms with Gasteiger partial charge in [0.2, 0.25) is 0 Å². The molecule has 2 saturated heterocycles. The average molecular weight is 426 g/mol. The number of benzene rings is 1. The maximum absolute atomic E-state index is 5.58. The Labute approximate surface area is 187 Å². The summed E-state index contributed by atoms with van der Waals surface area (Å²) in [7, 11) is 2.09. The highest BCUT2D eigenvalue weighted by Gasteiger charge is 2.26. The molecule has 1 aromatic carbocycles. The molecule has 1 N–H and O–H groups in total. The molecule has 0 amide bonds. The van der Waals surface area contributed by atoms with Gasteiger partial charge in [0, 0.05) is 44.8 Å². The molecule has 2 aromatic rings. The van der Waals surface area contributed by atoms with E-state index in [1.54, 1.807) is 0 Å². The number of anilines is 1. The van der Waals surface area contributed by atoms with Crippen LogP contribution in [0.4, 0.5) is 5.82 Å². The highest BCUT2D eigenvalue weighted by molar-refractivity contribution is 5.51. The van der Waals surface area contributed by atoms with Crippen LogP contribution < -0.4 is 10.2 Å². The lowest BCUT2D eigenvalue weighted by Crippen LogP contribution is -2.42. The quantitative estimate of drug-likeness (QED) is 0.736. The second kappa shape index (κ2) is 10.2. The van der Waals surface area contributed by atoms with Crippen molar-refractivity contribution in [2.45, 2.75) is 58.7 Å². The van der Waals surface area contributed by atoms with Gasteiger partial charge in [-0.15, -0.1) is 0 Å². The van der Waals surface area contributed by atoms with Gasteiger partial charge in [0.15, 0.2) is 0 Å². The average Bonchev–Trinajstić information content (AvgIpc) is 3.10. The third-order valence-electron chi connectivity index (χ3n) is 6.64. The van der Waals surface area contributed by atoms with Gasteiger partial charge in [-0.3, -0.25) is 9.58 Å². The molecule has 170 valence electrons. The molecule has 6 heteroatoms. The monoisotopic (exact) mass is 425 g/mol. The van der Waals surface area contributed by atoms with Crippen LogP contribution in [-0.4, -0.2) is 60.1 Å². The third-order valence-corrected chi connectivity index (χ3v) is 6.64. The maximum Gasteiger partial charge on any atom is 0.131 e. The molecule has 2 aliphatic heterocycles. The van der Waals surface area contributed by atoms with E-state index >= 15 is 0 Å². The van der Waals surface area contributed by atoms with Crippen LogP contribution in [0.25, 0.3) is 0 Å². The molecule has 4 rings (SSSR count). The summed E-state index contributed by atoms with van der Waals surface area (Å²) < 4.78 is 7.66. The van der Waals surface area contributed by atoms with Crippen LogP contribution in [0, 0.1) is 6.92 Å². The predicted octanol–water partition coefficient (Wildman–Crippen LogP) is 3.44. The van der Waals surface area contributed by atoms with Crippen molar-refractivity contribution in [1.82, 2.24) is 20.0 Å². The maximum atomic E-state index is 5.58. The Morgan fingerprint density at radius 1 is 1.13 bits per heavy atom. The molecule has 0 aliphatic carbocycles. The number of rotatable bonds is 7. The minimum absolute atomic E-state index is 0.425. The van der Waals surface area contributed by atoms with Crippen molar-refractivity contribution in [3.05, 3.63) is 46.6 Å². The van der Waals surface area contributed by atoms with E-state index in [0.29, 0.717) is 12.0 Å². The van der Waals surface area contributed by atoms with Gasteiger partial charge in [0.25, 0.3) is 0 Å². The van der Waals surface area contributed by atoms with Crippen molar-refractivity contribution in [3.63, 3.8) is 0 Å². The largest absolute Gasteiger partial charge is 0.378 e. The van der Waals surface area contributed by atoms with E-state index < -0.39 is 0 Å². The number of hydrogen-bond donors (Lipinski definition) is 1. The fourth-order valence-corrected chi connectivity index (χ4v) is 4.99. The SMILES string of the molecule is Cc1cccc(CN2CCC(NCc3c(C(C)C)nn(C)c3N3CCOCC3)CC2)c1. The van der Waals surface area contributed by atoms with E-state index in [-0.39, 0.29) is 0 Å². The van der Waals surface area contributed by atoms with Crippen molar-refractivity contribution in [2.24, 2.45) is 7.05 Å². The molecule has 0 atom stereocenters. The first kappa shape index (κ1) is 22.3. The lowest BCUT2D eigenvalue weighted by molar-refractivity contribution is 0.122. The minimum atomic E-state index is 0.425. The van der Waals surface area contributed by atoms with Crippen LogP contribution in [-0.2, 0) is 24.9 Å². The zero-order chi connectivity index (χ0) is 21.8. The van der Waals surface area contributed by atoms with Crippen molar-refractivity contribution in [3.8, 4) is 0 Å². The number of nitrogens with zero attached hydrogens (tertiary/aromatic N) is 4.